The van der Waals surface area contributed by atoms with Crippen molar-refractivity contribution in [2.75, 3.05) is 11.9 Å². The minimum Gasteiger partial charge on any atom is -0.484 e. The van der Waals surface area contributed by atoms with Crippen LogP contribution in [0.2, 0.25) is 0 Å². The number of hydrogen-bond acceptors (Lipinski definition) is 4. The lowest BCUT2D eigenvalue weighted by atomic mass is 10.0. The van der Waals surface area contributed by atoms with E-state index in [4.69, 9.17) is 4.74 Å². The van der Waals surface area contributed by atoms with Gasteiger partial charge >= 0.3 is 0 Å². The smallest absolute Gasteiger partial charge is 0.277 e. The molecule has 26 heavy (non-hydrogen) atoms. The van der Waals surface area contributed by atoms with E-state index in [1.165, 1.54) is 12.5 Å². The molecule has 6 heteroatoms. The average Bonchev–Trinajstić information content (AvgIpc) is 2.61. The van der Waals surface area contributed by atoms with Crippen molar-refractivity contribution in [3.05, 3.63) is 59.7 Å². The van der Waals surface area contributed by atoms with Crippen LogP contribution in [-0.2, 0) is 9.59 Å². The summed E-state index contributed by atoms with van der Waals surface area (Å²) in [6, 6.07) is 14.8. The van der Waals surface area contributed by atoms with Crippen LogP contribution in [0.15, 0.2) is 53.6 Å². The normalized spacial score (nSPS) is 10.8. The molecule has 6 nitrogen and oxygen atoms in total. The minimum absolute atomic E-state index is 0.144. The molecule has 0 heterocycles. The number of carbonyl (C=O) groups is 2. The third-order valence-electron chi connectivity index (χ3n) is 3.55. The van der Waals surface area contributed by atoms with Crippen molar-refractivity contribution >= 4 is 23.7 Å². The fourth-order valence-electron chi connectivity index (χ4n) is 2.16. The molecule has 0 radical (unpaired) electrons. The Morgan fingerprint density at radius 1 is 1.08 bits per heavy atom. The van der Waals surface area contributed by atoms with E-state index >= 15 is 0 Å². The number of ether oxygens (including phenoxy) is 1. The first-order chi connectivity index (χ1) is 12.4. The molecule has 0 bridgehead atoms. The van der Waals surface area contributed by atoms with Crippen LogP contribution in [0, 0.1) is 0 Å². The van der Waals surface area contributed by atoms with E-state index in [1.807, 2.05) is 24.3 Å². The Morgan fingerprint density at radius 3 is 2.31 bits per heavy atom. The van der Waals surface area contributed by atoms with Crippen molar-refractivity contribution in [3.63, 3.8) is 0 Å². The zero-order chi connectivity index (χ0) is 18.9. The van der Waals surface area contributed by atoms with Crippen molar-refractivity contribution in [3.8, 4) is 5.75 Å². The average molecular weight is 353 g/mol. The summed E-state index contributed by atoms with van der Waals surface area (Å²) in [6.45, 7) is 5.56. The van der Waals surface area contributed by atoms with Crippen LogP contribution >= 0.6 is 0 Å². The van der Waals surface area contributed by atoms with Crippen LogP contribution in [-0.4, -0.2) is 24.6 Å². The Morgan fingerprint density at radius 2 is 1.73 bits per heavy atom. The second-order valence-corrected chi connectivity index (χ2v) is 6.11. The van der Waals surface area contributed by atoms with Gasteiger partial charge in [-0.2, -0.15) is 5.10 Å². The monoisotopic (exact) mass is 353 g/mol. The first-order valence-corrected chi connectivity index (χ1v) is 8.36. The van der Waals surface area contributed by atoms with Gasteiger partial charge in [0.05, 0.1) is 6.21 Å². The second kappa shape index (κ2) is 9.36. The summed E-state index contributed by atoms with van der Waals surface area (Å²) in [5, 5.41) is 6.58. The van der Waals surface area contributed by atoms with Gasteiger partial charge in [0.2, 0.25) is 5.91 Å². The van der Waals surface area contributed by atoms with Gasteiger partial charge in [0.25, 0.3) is 5.91 Å². The lowest BCUT2D eigenvalue weighted by molar-refractivity contribution is -0.123. The van der Waals surface area contributed by atoms with Crippen molar-refractivity contribution in [2.24, 2.45) is 5.10 Å². The number of hydrogen-bond donors (Lipinski definition) is 2. The van der Waals surface area contributed by atoms with Gasteiger partial charge in [0, 0.05) is 12.6 Å². The fraction of sp³-hybridized carbons (Fsp3) is 0.250. The SMILES string of the molecule is CC(=O)Nc1ccc(OCC(=O)N/N=C\c2ccc(C(C)C)cc2)cc1. The van der Waals surface area contributed by atoms with Crippen LogP contribution in [0.4, 0.5) is 5.69 Å². The first kappa shape index (κ1) is 19.2. The molecule has 0 spiro atoms. The van der Waals surface area contributed by atoms with E-state index in [1.54, 1.807) is 30.5 Å². The molecule has 2 amide bonds. The van der Waals surface area contributed by atoms with Crippen LogP contribution in [0.3, 0.4) is 0 Å². The second-order valence-electron chi connectivity index (χ2n) is 6.11. The topological polar surface area (TPSA) is 79.8 Å². The Bertz CT molecular complexity index is 766. The number of hydrazone groups is 1. The number of rotatable bonds is 7. The molecule has 0 saturated carbocycles. The molecule has 2 N–H and O–H groups in total. The maximum absolute atomic E-state index is 11.8. The van der Waals surface area contributed by atoms with Gasteiger partial charge in [-0.15, -0.1) is 0 Å². The summed E-state index contributed by atoms with van der Waals surface area (Å²) in [6.07, 6.45) is 1.59. The number of amides is 2. The molecule has 0 aromatic heterocycles. The summed E-state index contributed by atoms with van der Waals surface area (Å²) < 4.78 is 5.37. The van der Waals surface area contributed by atoms with Gasteiger partial charge in [-0.1, -0.05) is 38.1 Å². The summed E-state index contributed by atoms with van der Waals surface area (Å²) in [5.74, 6) is 0.508. The van der Waals surface area contributed by atoms with Gasteiger partial charge in [0.15, 0.2) is 6.61 Å². The summed E-state index contributed by atoms with van der Waals surface area (Å²) in [7, 11) is 0. The maximum Gasteiger partial charge on any atom is 0.277 e. The third-order valence-corrected chi connectivity index (χ3v) is 3.55. The van der Waals surface area contributed by atoms with E-state index in [-0.39, 0.29) is 18.4 Å². The number of nitrogens with zero attached hydrogens (tertiary/aromatic N) is 1. The Labute approximate surface area is 153 Å². The van der Waals surface area contributed by atoms with E-state index < -0.39 is 0 Å². The van der Waals surface area contributed by atoms with Gasteiger partial charge in [-0.05, 0) is 41.3 Å². The number of nitrogens with one attached hydrogen (secondary N) is 2. The quantitative estimate of drug-likeness (QED) is 0.592. The highest BCUT2D eigenvalue weighted by Gasteiger charge is 2.02. The van der Waals surface area contributed by atoms with E-state index in [0.717, 1.165) is 5.56 Å². The summed E-state index contributed by atoms with van der Waals surface area (Å²) in [4.78, 5) is 22.7. The Hall–Kier alpha value is -3.15. The van der Waals surface area contributed by atoms with Crippen LogP contribution in [0.1, 0.15) is 37.8 Å². The van der Waals surface area contributed by atoms with Gasteiger partial charge < -0.3 is 10.1 Å². The molecule has 0 aliphatic heterocycles. The van der Waals surface area contributed by atoms with Crippen LogP contribution in [0.5, 0.6) is 5.75 Å². The zero-order valence-electron chi connectivity index (χ0n) is 15.2. The minimum atomic E-state index is -0.356. The molecule has 0 aliphatic carbocycles. The van der Waals surface area contributed by atoms with Gasteiger partial charge in [0.1, 0.15) is 5.75 Å². The number of benzene rings is 2. The first-order valence-electron chi connectivity index (χ1n) is 8.36. The van der Waals surface area contributed by atoms with E-state index in [0.29, 0.717) is 17.4 Å². The largest absolute Gasteiger partial charge is 0.484 e. The highest BCUT2D eigenvalue weighted by molar-refractivity contribution is 5.88. The van der Waals surface area contributed by atoms with E-state index in [2.05, 4.69) is 29.7 Å². The molecule has 2 rings (SSSR count). The molecule has 2 aromatic rings. The summed E-state index contributed by atoms with van der Waals surface area (Å²) >= 11 is 0. The standard InChI is InChI=1S/C20H23N3O3/c1-14(2)17-6-4-16(5-7-17)12-21-23-20(25)13-26-19-10-8-18(9-11-19)22-15(3)24/h4-12,14H,13H2,1-3H3,(H,22,24)(H,23,25)/b21-12-. The molecular formula is C20H23N3O3. The molecule has 0 fully saturated rings. The van der Waals surface area contributed by atoms with E-state index in [9.17, 15) is 9.59 Å². The molecule has 0 unspecified atom stereocenters. The predicted molar refractivity (Wildman–Crippen MR) is 103 cm³/mol. The lowest BCUT2D eigenvalue weighted by Gasteiger charge is -2.07. The van der Waals surface area contributed by atoms with Crippen LogP contribution < -0.4 is 15.5 Å². The van der Waals surface area contributed by atoms with Crippen molar-refractivity contribution in [2.45, 2.75) is 26.7 Å². The van der Waals surface area contributed by atoms with Gasteiger partial charge in [-0.25, -0.2) is 5.43 Å². The maximum atomic E-state index is 11.8. The zero-order valence-corrected chi connectivity index (χ0v) is 15.2. The molecular weight excluding hydrogens is 330 g/mol. The van der Waals surface area contributed by atoms with Gasteiger partial charge in [-0.3, -0.25) is 9.59 Å². The highest BCUT2D eigenvalue weighted by Crippen LogP contribution is 2.15. The summed E-state index contributed by atoms with van der Waals surface area (Å²) in [5.41, 5.74) is 5.25. The number of anilines is 1. The van der Waals surface area contributed by atoms with Crippen molar-refractivity contribution < 1.29 is 14.3 Å². The third kappa shape index (κ3) is 6.39. The molecule has 136 valence electrons. The highest BCUT2D eigenvalue weighted by atomic mass is 16.5. The number of carbonyl (C=O) groups excluding carboxylic acids is 2. The molecule has 0 saturated heterocycles. The van der Waals surface area contributed by atoms with Crippen LogP contribution in [0.25, 0.3) is 0 Å². The Balaban J connectivity index is 1.77. The van der Waals surface area contributed by atoms with Crippen molar-refractivity contribution in [1.29, 1.82) is 0 Å². The van der Waals surface area contributed by atoms with Crippen molar-refractivity contribution in [1.82, 2.24) is 5.43 Å². The lowest BCUT2D eigenvalue weighted by Crippen LogP contribution is -2.24. The molecule has 2 aromatic carbocycles. The molecule has 0 aliphatic rings. The Kier molecular flexibility index (Phi) is 6.91. The molecule has 0 atom stereocenters. The predicted octanol–water partition coefficient (Wildman–Crippen LogP) is 3.30. The fourth-order valence-corrected chi connectivity index (χ4v) is 2.16.